The second-order valence-electron chi connectivity index (χ2n) is 1.54. The van der Waals surface area contributed by atoms with Crippen LogP contribution in [-0.2, 0) is 9.47 Å². The van der Waals surface area contributed by atoms with Crippen molar-refractivity contribution in [1.82, 2.24) is 0 Å². The van der Waals surface area contributed by atoms with Crippen molar-refractivity contribution < 1.29 is 9.47 Å². The van der Waals surface area contributed by atoms with E-state index < -0.39 is 0 Å². The van der Waals surface area contributed by atoms with Gasteiger partial charge in [0.25, 0.3) is 0 Å². The van der Waals surface area contributed by atoms with Gasteiger partial charge in [-0.15, -0.1) is 0 Å². The van der Waals surface area contributed by atoms with E-state index in [-0.39, 0.29) is 14.9 Å². The van der Waals surface area contributed by atoms with Crippen LogP contribution in [0.2, 0.25) is 0 Å². The van der Waals surface area contributed by atoms with Crippen molar-refractivity contribution in [1.29, 1.82) is 0 Å². The quantitative estimate of drug-likeness (QED) is 0.450. The van der Waals surface area contributed by atoms with E-state index in [1.165, 1.54) is 0 Å². The Balaban J connectivity index is -0.000000245. The maximum absolute atomic E-state index is 4.96. The summed E-state index contributed by atoms with van der Waals surface area (Å²) in [5.74, 6) is 0.738. The molecule has 0 heterocycles. The van der Waals surface area contributed by atoms with Crippen LogP contribution in [0, 0.1) is 0 Å². The fraction of sp³-hybridized carbons (Fsp3) is 0.750. The molecule has 0 amide bonds. The van der Waals surface area contributed by atoms with E-state index in [9.17, 15) is 0 Å². The maximum Gasteiger partial charge on any atom is 0.111 e. The number of allylic oxidation sites excluding steroid dienone is 1. The Morgan fingerprint density at radius 3 is 2.10 bits per heavy atom. The summed E-state index contributed by atoms with van der Waals surface area (Å²) in [5, 5.41) is 0. The first-order valence-electron chi connectivity index (χ1n) is 2.54. The molecule has 2 nitrogen and oxygen atoms in total. The zero-order valence-electron chi connectivity index (χ0n) is 5.44. The molecule has 0 unspecified atom stereocenters. The Bertz CT molecular complexity index is 69.7. The Morgan fingerprint density at radius 2 is 1.80 bits per heavy atom. The van der Waals surface area contributed by atoms with E-state index in [0.29, 0.717) is 13.2 Å². The van der Waals surface area contributed by atoms with Gasteiger partial charge < -0.3 is 9.47 Å². The van der Waals surface area contributed by atoms with Crippen LogP contribution in [0.3, 0.4) is 0 Å². The molecule has 0 aromatic carbocycles. The molecule has 64 valence electrons. The largest absolute Gasteiger partial charge is 0.496 e. The molecule has 0 atom stereocenters. The highest BCUT2D eigenvalue weighted by atomic mass is 16.5. The summed E-state index contributed by atoms with van der Waals surface area (Å²) in [5.41, 5.74) is 0. The molecule has 2 heteroatoms. The van der Waals surface area contributed by atoms with Gasteiger partial charge in [-0.1, -0.05) is 21.4 Å². The van der Waals surface area contributed by atoms with Crippen molar-refractivity contribution in [2.75, 3.05) is 20.3 Å². The third kappa shape index (κ3) is 15.6. The van der Waals surface area contributed by atoms with Crippen LogP contribution in [0.25, 0.3) is 0 Å². The van der Waals surface area contributed by atoms with Crippen LogP contribution < -0.4 is 0 Å². The minimum Gasteiger partial charge on any atom is -0.496 e. The van der Waals surface area contributed by atoms with Gasteiger partial charge in [0, 0.05) is 7.11 Å². The van der Waals surface area contributed by atoms with Crippen LogP contribution in [0.5, 0.6) is 0 Å². The zero-order valence-corrected chi connectivity index (χ0v) is 5.44. The van der Waals surface area contributed by atoms with Crippen LogP contribution in [0.1, 0.15) is 21.8 Å². The van der Waals surface area contributed by atoms with E-state index in [1.807, 2.05) is 6.92 Å². The molecule has 0 aromatic rings. The molecular formula is C8H20O2. The Labute approximate surface area is 64.8 Å². The SMILES string of the molecule is C.C.C=C(C)OCCOC. The number of methoxy groups -OCH3 is 1. The molecule has 0 aliphatic rings. The van der Waals surface area contributed by atoms with Crippen molar-refractivity contribution >= 4 is 0 Å². The summed E-state index contributed by atoms with van der Waals surface area (Å²) < 4.78 is 9.69. The van der Waals surface area contributed by atoms with E-state index in [1.54, 1.807) is 7.11 Å². The van der Waals surface area contributed by atoms with Crippen molar-refractivity contribution in [2.45, 2.75) is 21.8 Å². The lowest BCUT2D eigenvalue weighted by Crippen LogP contribution is -1.98. The van der Waals surface area contributed by atoms with Gasteiger partial charge in [-0.2, -0.15) is 0 Å². The second kappa shape index (κ2) is 11.3. The zero-order chi connectivity index (χ0) is 6.41. The average molecular weight is 148 g/mol. The summed E-state index contributed by atoms with van der Waals surface area (Å²) in [4.78, 5) is 0. The molecule has 0 N–H and O–H groups in total. The summed E-state index contributed by atoms with van der Waals surface area (Å²) >= 11 is 0. The highest BCUT2D eigenvalue weighted by Crippen LogP contribution is 1.87. The Morgan fingerprint density at radius 1 is 1.30 bits per heavy atom. The van der Waals surface area contributed by atoms with E-state index in [2.05, 4.69) is 6.58 Å². The molecule has 0 spiro atoms. The normalized spacial score (nSPS) is 7.00. The predicted molar refractivity (Wildman–Crippen MR) is 46.1 cm³/mol. The van der Waals surface area contributed by atoms with Gasteiger partial charge in [0.1, 0.15) is 6.61 Å². The van der Waals surface area contributed by atoms with E-state index in [0.717, 1.165) is 5.76 Å². The first kappa shape index (κ1) is 16.2. The van der Waals surface area contributed by atoms with Gasteiger partial charge in [0.05, 0.1) is 12.4 Å². The van der Waals surface area contributed by atoms with Crippen LogP contribution in [0.15, 0.2) is 12.3 Å². The van der Waals surface area contributed by atoms with Gasteiger partial charge in [0.15, 0.2) is 0 Å². The van der Waals surface area contributed by atoms with Crippen molar-refractivity contribution in [3.63, 3.8) is 0 Å². The number of hydrogen-bond donors (Lipinski definition) is 0. The fourth-order valence-corrected chi connectivity index (χ4v) is 0.299. The number of hydrogen-bond acceptors (Lipinski definition) is 2. The van der Waals surface area contributed by atoms with E-state index in [4.69, 9.17) is 9.47 Å². The molecular weight excluding hydrogens is 128 g/mol. The average Bonchev–Trinajstić information content (AvgIpc) is 1.66. The maximum atomic E-state index is 4.96. The molecule has 0 aromatic heterocycles. The minimum absolute atomic E-state index is 0. The van der Waals surface area contributed by atoms with Gasteiger partial charge in [-0.3, -0.25) is 0 Å². The first-order valence-corrected chi connectivity index (χ1v) is 2.54. The van der Waals surface area contributed by atoms with Crippen LogP contribution >= 0.6 is 0 Å². The number of rotatable bonds is 4. The van der Waals surface area contributed by atoms with Crippen LogP contribution in [-0.4, -0.2) is 20.3 Å². The Hall–Kier alpha value is -0.500. The van der Waals surface area contributed by atoms with Gasteiger partial charge in [0.2, 0.25) is 0 Å². The van der Waals surface area contributed by atoms with Crippen molar-refractivity contribution in [2.24, 2.45) is 0 Å². The van der Waals surface area contributed by atoms with Crippen molar-refractivity contribution in [3.8, 4) is 0 Å². The molecule has 0 aliphatic heterocycles. The molecule has 0 bridgehead atoms. The first-order chi connectivity index (χ1) is 3.77. The smallest absolute Gasteiger partial charge is 0.111 e. The summed E-state index contributed by atoms with van der Waals surface area (Å²) in [7, 11) is 1.64. The highest BCUT2D eigenvalue weighted by Gasteiger charge is 1.82. The minimum atomic E-state index is 0. The third-order valence-corrected chi connectivity index (χ3v) is 0.636. The lowest BCUT2D eigenvalue weighted by molar-refractivity contribution is 0.111. The monoisotopic (exact) mass is 148 g/mol. The van der Waals surface area contributed by atoms with Gasteiger partial charge >= 0.3 is 0 Å². The molecule has 0 aliphatic carbocycles. The van der Waals surface area contributed by atoms with Crippen molar-refractivity contribution in [3.05, 3.63) is 12.3 Å². The summed E-state index contributed by atoms with van der Waals surface area (Å²) in [6, 6.07) is 0. The van der Waals surface area contributed by atoms with Gasteiger partial charge in [-0.25, -0.2) is 0 Å². The molecule has 0 rings (SSSR count). The molecule has 10 heavy (non-hydrogen) atoms. The molecule has 0 saturated carbocycles. The molecule has 0 radical (unpaired) electrons. The van der Waals surface area contributed by atoms with Crippen LogP contribution in [0.4, 0.5) is 0 Å². The second-order valence-corrected chi connectivity index (χ2v) is 1.54. The summed E-state index contributed by atoms with van der Waals surface area (Å²) in [6.45, 7) is 6.60. The lowest BCUT2D eigenvalue weighted by atomic mass is 10.6. The lowest BCUT2D eigenvalue weighted by Gasteiger charge is -2.01. The van der Waals surface area contributed by atoms with E-state index >= 15 is 0 Å². The predicted octanol–water partition coefficient (Wildman–Crippen LogP) is 2.46. The standard InChI is InChI=1S/C6H12O2.2CH4/c1-6(2)8-5-4-7-3;;/h1,4-5H2,2-3H3;2*1H4. The Kier molecular flexibility index (Phi) is 18.4. The third-order valence-electron chi connectivity index (χ3n) is 0.636. The summed E-state index contributed by atoms with van der Waals surface area (Å²) in [6.07, 6.45) is 0. The highest BCUT2D eigenvalue weighted by molar-refractivity contribution is 4.72. The fourth-order valence-electron chi connectivity index (χ4n) is 0.299. The number of ether oxygens (including phenoxy) is 2. The van der Waals surface area contributed by atoms with Gasteiger partial charge in [-0.05, 0) is 6.92 Å². The molecule has 0 fully saturated rings. The topological polar surface area (TPSA) is 18.5 Å². The molecule has 0 saturated heterocycles.